The summed E-state index contributed by atoms with van der Waals surface area (Å²) in [6.45, 7) is 1.53. The van der Waals surface area contributed by atoms with Gasteiger partial charge in [-0.3, -0.25) is 4.79 Å². The summed E-state index contributed by atoms with van der Waals surface area (Å²) in [4.78, 5) is 19.6. The Hall–Kier alpha value is -2.33. The first-order chi connectivity index (χ1) is 13.2. The van der Waals surface area contributed by atoms with Gasteiger partial charge in [-0.05, 0) is 61.6 Å². The number of benzene rings is 2. The van der Waals surface area contributed by atoms with Crippen LogP contribution in [0.5, 0.6) is 0 Å². The molecule has 1 aromatic heterocycles. The summed E-state index contributed by atoms with van der Waals surface area (Å²) < 4.78 is 5.88. The number of fused-ring (bicyclic) bond motifs is 1. The van der Waals surface area contributed by atoms with Crippen LogP contribution in [0.2, 0.25) is 5.02 Å². The molecule has 27 heavy (non-hydrogen) atoms. The van der Waals surface area contributed by atoms with Crippen LogP contribution in [0.25, 0.3) is 11.1 Å². The van der Waals surface area contributed by atoms with Gasteiger partial charge in [0.05, 0.1) is 0 Å². The van der Waals surface area contributed by atoms with E-state index >= 15 is 0 Å². The molecule has 138 valence electrons. The van der Waals surface area contributed by atoms with E-state index in [4.69, 9.17) is 16.0 Å². The number of hydrogen-bond acceptors (Lipinski definition) is 3. The Morgan fingerprint density at radius 2 is 1.89 bits per heavy atom. The number of hydrogen-bond donors (Lipinski definition) is 0. The van der Waals surface area contributed by atoms with Gasteiger partial charge in [0, 0.05) is 35.5 Å². The molecule has 1 unspecified atom stereocenters. The number of carbonyl (C=O) groups is 1. The first kappa shape index (κ1) is 16.8. The SMILES string of the molecule is O=C(c1ccc2nc(C3CC3)oc2c1)N1CCCC(c2ccc(Cl)cc2)C1. The van der Waals surface area contributed by atoms with E-state index in [1.165, 1.54) is 5.56 Å². The minimum absolute atomic E-state index is 0.0694. The molecule has 0 radical (unpaired) electrons. The summed E-state index contributed by atoms with van der Waals surface area (Å²) in [6, 6.07) is 13.6. The van der Waals surface area contributed by atoms with Crippen LogP contribution < -0.4 is 0 Å². The summed E-state index contributed by atoms with van der Waals surface area (Å²) in [7, 11) is 0. The lowest BCUT2D eigenvalue weighted by Crippen LogP contribution is -2.39. The molecule has 4 nitrogen and oxygen atoms in total. The van der Waals surface area contributed by atoms with Crippen molar-refractivity contribution in [2.75, 3.05) is 13.1 Å². The van der Waals surface area contributed by atoms with Gasteiger partial charge in [0.1, 0.15) is 5.52 Å². The summed E-state index contributed by atoms with van der Waals surface area (Å²) in [6.07, 6.45) is 4.41. The van der Waals surface area contributed by atoms with E-state index in [2.05, 4.69) is 17.1 Å². The van der Waals surface area contributed by atoms with Gasteiger partial charge in [-0.1, -0.05) is 23.7 Å². The maximum Gasteiger partial charge on any atom is 0.254 e. The van der Waals surface area contributed by atoms with Crippen molar-refractivity contribution in [1.29, 1.82) is 0 Å². The van der Waals surface area contributed by atoms with Gasteiger partial charge >= 0.3 is 0 Å². The average molecular weight is 381 g/mol. The summed E-state index contributed by atoms with van der Waals surface area (Å²) in [5.41, 5.74) is 3.48. The largest absolute Gasteiger partial charge is 0.440 e. The molecular weight excluding hydrogens is 360 g/mol. The monoisotopic (exact) mass is 380 g/mol. The number of rotatable bonds is 3. The van der Waals surface area contributed by atoms with E-state index in [9.17, 15) is 4.79 Å². The lowest BCUT2D eigenvalue weighted by Gasteiger charge is -2.33. The highest BCUT2D eigenvalue weighted by molar-refractivity contribution is 6.30. The van der Waals surface area contributed by atoms with Gasteiger partial charge in [0.25, 0.3) is 5.91 Å². The molecule has 1 aliphatic heterocycles. The first-order valence-corrected chi connectivity index (χ1v) is 10.0. The predicted molar refractivity (Wildman–Crippen MR) is 105 cm³/mol. The molecule has 2 aromatic carbocycles. The fourth-order valence-electron chi connectivity index (χ4n) is 3.93. The molecule has 5 heteroatoms. The van der Waals surface area contributed by atoms with E-state index < -0.39 is 0 Å². The van der Waals surface area contributed by atoms with Gasteiger partial charge in [-0.2, -0.15) is 0 Å². The van der Waals surface area contributed by atoms with Crippen LogP contribution in [0.1, 0.15) is 59.3 Å². The number of aromatic nitrogens is 1. The van der Waals surface area contributed by atoms with Gasteiger partial charge in [0.2, 0.25) is 0 Å². The van der Waals surface area contributed by atoms with E-state index in [0.29, 0.717) is 23.0 Å². The van der Waals surface area contributed by atoms with E-state index in [1.54, 1.807) is 0 Å². The second-order valence-electron chi connectivity index (χ2n) is 7.65. The topological polar surface area (TPSA) is 46.3 Å². The number of nitrogens with zero attached hydrogens (tertiary/aromatic N) is 2. The molecule has 1 aliphatic carbocycles. The highest BCUT2D eigenvalue weighted by atomic mass is 35.5. The predicted octanol–water partition coefficient (Wildman–Crippen LogP) is 5.38. The van der Waals surface area contributed by atoms with Crippen LogP contribution >= 0.6 is 11.6 Å². The maximum atomic E-state index is 13.1. The minimum Gasteiger partial charge on any atom is -0.440 e. The number of likely N-dealkylation sites (tertiary alicyclic amines) is 1. The molecule has 1 saturated carbocycles. The quantitative estimate of drug-likeness (QED) is 0.613. The zero-order valence-electron chi connectivity index (χ0n) is 15.0. The minimum atomic E-state index is 0.0694. The molecule has 2 heterocycles. The van der Waals surface area contributed by atoms with Gasteiger partial charge in [-0.15, -0.1) is 0 Å². The Morgan fingerprint density at radius 3 is 2.67 bits per heavy atom. The molecule has 1 atom stereocenters. The average Bonchev–Trinajstić information content (AvgIpc) is 3.47. The van der Waals surface area contributed by atoms with Crippen molar-refractivity contribution in [2.45, 2.75) is 37.5 Å². The first-order valence-electron chi connectivity index (χ1n) is 9.62. The third-order valence-corrected chi connectivity index (χ3v) is 5.88. The van der Waals surface area contributed by atoms with Gasteiger partial charge < -0.3 is 9.32 Å². The zero-order valence-corrected chi connectivity index (χ0v) is 15.8. The molecule has 0 N–H and O–H groups in total. The number of amides is 1. The highest BCUT2D eigenvalue weighted by Gasteiger charge is 2.29. The van der Waals surface area contributed by atoms with E-state index in [-0.39, 0.29) is 5.91 Å². The van der Waals surface area contributed by atoms with Crippen LogP contribution in [0, 0.1) is 0 Å². The van der Waals surface area contributed by atoms with Crippen LogP contribution in [-0.2, 0) is 0 Å². The van der Waals surface area contributed by atoms with Crippen molar-refractivity contribution >= 4 is 28.6 Å². The zero-order chi connectivity index (χ0) is 18.4. The van der Waals surface area contributed by atoms with Crippen LogP contribution in [0.4, 0.5) is 0 Å². The number of piperidine rings is 1. The normalized spacial score (nSPS) is 20.2. The van der Waals surface area contributed by atoms with Crippen LogP contribution in [0.15, 0.2) is 46.9 Å². The van der Waals surface area contributed by atoms with Gasteiger partial charge in [0.15, 0.2) is 11.5 Å². The van der Waals surface area contributed by atoms with Crippen molar-refractivity contribution in [1.82, 2.24) is 9.88 Å². The summed E-state index contributed by atoms with van der Waals surface area (Å²) in [5.74, 6) is 1.71. The van der Waals surface area contributed by atoms with E-state index in [0.717, 1.165) is 55.2 Å². The fraction of sp³-hybridized carbons (Fsp3) is 0.364. The Balaban J connectivity index is 1.36. The number of carbonyl (C=O) groups excluding carboxylic acids is 1. The Bertz CT molecular complexity index is 991. The molecular formula is C22H21ClN2O2. The van der Waals surface area contributed by atoms with E-state index in [1.807, 2.05) is 35.2 Å². The van der Waals surface area contributed by atoms with Crippen molar-refractivity contribution in [2.24, 2.45) is 0 Å². The maximum absolute atomic E-state index is 13.1. The van der Waals surface area contributed by atoms with Crippen molar-refractivity contribution in [3.8, 4) is 0 Å². The Labute approximate surface area is 163 Å². The summed E-state index contributed by atoms with van der Waals surface area (Å²) in [5, 5.41) is 0.744. The van der Waals surface area contributed by atoms with Crippen molar-refractivity contribution < 1.29 is 9.21 Å². The molecule has 3 aromatic rings. The highest BCUT2D eigenvalue weighted by Crippen LogP contribution is 2.40. The third kappa shape index (κ3) is 3.34. The molecule has 5 rings (SSSR count). The smallest absolute Gasteiger partial charge is 0.254 e. The molecule has 0 bridgehead atoms. The number of halogens is 1. The molecule has 0 spiro atoms. The molecule has 1 saturated heterocycles. The standard InChI is InChI=1S/C22H21ClN2O2/c23-18-8-5-14(6-9-18)17-2-1-11-25(13-17)22(26)16-7-10-19-20(12-16)27-21(24-19)15-3-4-15/h5-10,12,15,17H,1-4,11,13H2. The van der Waals surface area contributed by atoms with Crippen molar-refractivity contribution in [3.63, 3.8) is 0 Å². The molecule has 2 aliphatic rings. The summed E-state index contributed by atoms with van der Waals surface area (Å²) >= 11 is 6.00. The van der Waals surface area contributed by atoms with Gasteiger partial charge in [-0.25, -0.2) is 4.98 Å². The third-order valence-electron chi connectivity index (χ3n) is 5.63. The Kier molecular flexibility index (Phi) is 4.16. The second-order valence-corrected chi connectivity index (χ2v) is 8.09. The lowest BCUT2D eigenvalue weighted by molar-refractivity contribution is 0.0707. The van der Waals surface area contributed by atoms with Crippen LogP contribution in [-0.4, -0.2) is 28.9 Å². The Morgan fingerprint density at radius 1 is 1.07 bits per heavy atom. The van der Waals surface area contributed by atoms with Crippen LogP contribution in [0.3, 0.4) is 0 Å². The molecule has 2 fully saturated rings. The fourth-order valence-corrected chi connectivity index (χ4v) is 4.06. The number of oxazole rings is 1. The molecule has 1 amide bonds. The lowest BCUT2D eigenvalue weighted by atomic mass is 9.90. The van der Waals surface area contributed by atoms with Crippen molar-refractivity contribution in [3.05, 3.63) is 64.5 Å². The second kappa shape index (κ2) is 6.68.